The quantitative estimate of drug-likeness (QED) is 0.0367. The predicted octanol–water partition coefficient (Wildman–Crippen LogP) is 5.78. The second-order valence-corrected chi connectivity index (χ2v) is 20.4. The average Bonchev–Trinajstić information content (AvgIpc) is 3.82. The molecule has 3 atom stereocenters. The number of esters is 3. The molecule has 20 heteroatoms. The molecule has 0 spiro atoms. The second-order valence-electron chi connectivity index (χ2n) is 20.4. The lowest BCUT2D eigenvalue weighted by atomic mass is 10.1. The van der Waals surface area contributed by atoms with Crippen LogP contribution < -0.4 is 21.7 Å². The number of amides is 3. The molecule has 0 aromatic carbocycles. The lowest BCUT2D eigenvalue weighted by Crippen LogP contribution is -2.53. The van der Waals surface area contributed by atoms with Gasteiger partial charge in [-0.2, -0.15) is 0 Å². The lowest BCUT2D eigenvalue weighted by molar-refractivity contribution is -0.159. The first-order valence-electron chi connectivity index (χ1n) is 24.2. The molecule has 2 heterocycles. The Labute approximate surface area is 409 Å². The molecule has 0 radical (unpaired) electrons. The Hall–Kier alpha value is -5.37. The molecule has 3 amide bonds. The number of aryl methyl sites for hydroxylation is 2. The fourth-order valence-electron chi connectivity index (χ4n) is 6.68. The maximum atomic E-state index is 12.7. The molecule has 0 aliphatic rings. The van der Waals surface area contributed by atoms with Gasteiger partial charge in [0.15, 0.2) is 0 Å². The van der Waals surface area contributed by atoms with Crippen molar-refractivity contribution in [2.75, 3.05) is 13.1 Å². The van der Waals surface area contributed by atoms with E-state index in [0.717, 1.165) is 43.9 Å². The lowest BCUT2D eigenvalue weighted by Gasteiger charge is -2.27. The van der Waals surface area contributed by atoms with Gasteiger partial charge < -0.3 is 54.9 Å². The van der Waals surface area contributed by atoms with Crippen LogP contribution in [0.15, 0.2) is 24.8 Å². The monoisotopic (exact) mass is 976 g/mol. The standard InChI is InChI=1S/C25H40N6O4.C24H45N3O7/c1-20(32)10-6-4-5-7-12-24(33)28-21(25(34)35)11-8-9-15-31(18-22-26-13-16-29(22)2)19-23-27-14-17-30(23)3;1-22(2,3)32-18(28)14-13-17(20(30)34-24(7,8)9)27-21(31)26-16(12-10-11-15-25)19(29)33-23(4,5)6/h13-14,16-17,21H,4-12,15,18-19H2,1-3H3,(H,28,33)(H,34,35);16-17H,10-15,25H2,1-9H3,(H2,26,27,31)/t21-;16-,17-/m00/s1. The molecule has 20 nitrogen and oxygen atoms in total. The first-order valence-corrected chi connectivity index (χ1v) is 24.2. The van der Waals surface area contributed by atoms with Gasteiger partial charge in [0.1, 0.15) is 52.4 Å². The third kappa shape index (κ3) is 30.0. The van der Waals surface area contributed by atoms with E-state index in [1.165, 1.54) is 0 Å². The summed E-state index contributed by atoms with van der Waals surface area (Å²) < 4.78 is 20.1. The minimum atomic E-state index is -1.12. The Balaban J connectivity index is 0.000000691. The number of nitrogens with zero attached hydrogens (tertiary/aromatic N) is 5. The highest BCUT2D eigenvalue weighted by atomic mass is 16.6. The molecule has 2 aromatic heterocycles. The SMILES string of the molecule is CC(=O)CCCCCCC(=O)N[C@@H](CCCCN(Cc1nccn1C)Cc1nccn1C)C(=O)O.CC(C)(C)OC(=O)CC[C@H](NC(=O)N[C@@H](CCCCN)C(=O)OC(C)(C)C)C(=O)OC(C)(C)C. The van der Waals surface area contributed by atoms with Gasteiger partial charge in [0.2, 0.25) is 5.91 Å². The van der Waals surface area contributed by atoms with Crippen LogP contribution in [-0.2, 0) is 70.2 Å². The van der Waals surface area contributed by atoms with E-state index < -0.39 is 64.8 Å². The van der Waals surface area contributed by atoms with Gasteiger partial charge in [-0.1, -0.05) is 12.8 Å². The molecule has 0 unspecified atom stereocenters. The minimum Gasteiger partial charge on any atom is -0.480 e. The van der Waals surface area contributed by atoms with E-state index in [0.29, 0.717) is 71.0 Å². The minimum absolute atomic E-state index is 0.0263. The molecule has 0 aliphatic carbocycles. The van der Waals surface area contributed by atoms with Gasteiger partial charge in [0.25, 0.3) is 0 Å². The zero-order valence-electron chi connectivity index (χ0n) is 43.6. The van der Waals surface area contributed by atoms with Gasteiger partial charge in [0.05, 0.1) is 13.1 Å². The number of aromatic nitrogens is 4. The normalized spacial score (nSPS) is 13.0. The molecular weight excluding hydrogens is 891 g/mol. The van der Waals surface area contributed by atoms with Gasteiger partial charge in [0, 0.05) is 58.1 Å². The van der Waals surface area contributed by atoms with E-state index in [9.17, 15) is 38.7 Å². The number of nitrogens with one attached hydrogen (secondary N) is 3. The first kappa shape index (κ1) is 61.6. The van der Waals surface area contributed by atoms with Crippen LogP contribution in [0.25, 0.3) is 0 Å². The van der Waals surface area contributed by atoms with Gasteiger partial charge in [-0.25, -0.2) is 29.1 Å². The number of carboxylic acids is 1. The molecule has 0 saturated carbocycles. The number of nitrogens with two attached hydrogens (primary N) is 1. The van der Waals surface area contributed by atoms with Crippen molar-refractivity contribution in [3.63, 3.8) is 0 Å². The van der Waals surface area contributed by atoms with Crippen molar-refractivity contribution >= 4 is 41.6 Å². The Morgan fingerprint density at radius 3 is 1.52 bits per heavy atom. The van der Waals surface area contributed by atoms with Crippen molar-refractivity contribution in [3.8, 4) is 0 Å². The number of hydrogen-bond donors (Lipinski definition) is 5. The van der Waals surface area contributed by atoms with Crippen LogP contribution in [0, 0.1) is 0 Å². The number of urea groups is 1. The van der Waals surface area contributed by atoms with Crippen molar-refractivity contribution in [2.24, 2.45) is 19.8 Å². The highest BCUT2D eigenvalue weighted by molar-refractivity contribution is 5.87. The molecule has 2 aromatic rings. The van der Waals surface area contributed by atoms with E-state index in [2.05, 4.69) is 30.8 Å². The number of hydrogen-bond acceptors (Lipinski definition) is 14. The van der Waals surface area contributed by atoms with Gasteiger partial charge in [-0.05, 0) is 140 Å². The Kier molecular flexibility index (Phi) is 27.7. The van der Waals surface area contributed by atoms with Crippen molar-refractivity contribution in [1.29, 1.82) is 0 Å². The van der Waals surface area contributed by atoms with E-state index in [1.807, 2.05) is 35.6 Å². The third-order valence-corrected chi connectivity index (χ3v) is 10.1. The van der Waals surface area contributed by atoms with Crippen LogP contribution in [0.1, 0.15) is 171 Å². The molecular formula is C49H85N9O11. The Morgan fingerprint density at radius 1 is 0.623 bits per heavy atom. The van der Waals surface area contributed by atoms with E-state index in [-0.39, 0.29) is 24.5 Å². The highest BCUT2D eigenvalue weighted by Gasteiger charge is 2.31. The van der Waals surface area contributed by atoms with Crippen molar-refractivity contribution in [3.05, 3.63) is 36.4 Å². The zero-order chi connectivity index (χ0) is 52.4. The predicted molar refractivity (Wildman–Crippen MR) is 261 cm³/mol. The summed E-state index contributed by atoms with van der Waals surface area (Å²) in [5.41, 5.74) is 3.34. The number of carboxylic acid groups (broad SMARTS) is 1. The van der Waals surface area contributed by atoms with E-state index >= 15 is 0 Å². The highest BCUT2D eigenvalue weighted by Crippen LogP contribution is 2.16. The Morgan fingerprint density at radius 2 is 1.09 bits per heavy atom. The van der Waals surface area contributed by atoms with Crippen LogP contribution in [0.3, 0.4) is 0 Å². The van der Waals surface area contributed by atoms with Crippen LogP contribution in [0.5, 0.6) is 0 Å². The number of rotatable bonds is 29. The molecule has 0 bridgehead atoms. The summed E-state index contributed by atoms with van der Waals surface area (Å²) >= 11 is 0. The molecule has 69 heavy (non-hydrogen) atoms. The van der Waals surface area contributed by atoms with Crippen molar-refractivity contribution in [1.82, 2.24) is 40.0 Å². The molecule has 0 aliphatic heterocycles. The Bertz CT molecular complexity index is 1850. The summed E-state index contributed by atoms with van der Waals surface area (Å²) in [6.45, 7) is 19.7. The number of ketones is 1. The van der Waals surface area contributed by atoms with E-state index in [4.69, 9.17) is 19.9 Å². The summed E-state index contributed by atoms with van der Waals surface area (Å²) in [7, 11) is 3.93. The van der Waals surface area contributed by atoms with Gasteiger partial charge in [-0.15, -0.1) is 0 Å². The van der Waals surface area contributed by atoms with Crippen LogP contribution in [0.2, 0.25) is 0 Å². The summed E-state index contributed by atoms with van der Waals surface area (Å²) in [5, 5.41) is 17.3. The fraction of sp³-hybridized carbons (Fsp3) is 0.735. The molecule has 6 N–H and O–H groups in total. The van der Waals surface area contributed by atoms with E-state index in [1.54, 1.807) is 81.6 Å². The number of carbonyl (C=O) groups excluding carboxylic acids is 6. The van der Waals surface area contributed by atoms with Crippen molar-refractivity contribution < 1.29 is 52.9 Å². The number of ether oxygens (including phenoxy) is 3. The summed E-state index contributed by atoms with van der Waals surface area (Å²) in [6.07, 6.45) is 14.9. The average molecular weight is 976 g/mol. The van der Waals surface area contributed by atoms with Crippen LogP contribution in [-0.4, -0.2) is 119 Å². The number of carbonyl (C=O) groups is 7. The number of aliphatic carboxylic acids is 1. The largest absolute Gasteiger partial charge is 0.480 e. The number of unbranched alkanes of at least 4 members (excludes halogenated alkanes) is 5. The topological polar surface area (TPSA) is 268 Å². The molecule has 0 fully saturated rings. The zero-order valence-corrected chi connectivity index (χ0v) is 43.6. The van der Waals surface area contributed by atoms with Crippen LogP contribution >= 0.6 is 0 Å². The summed E-state index contributed by atoms with van der Waals surface area (Å²) in [5.74, 6) is -0.911. The molecule has 392 valence electrons. The molecule has 2 rings (SSSR count). The fourth-order valence-corrected chi connectivity index (χ4v) is 6.68. The smallest absolute Gasteiger partial charge is 0.329 e. The number of imidazole rings is 2. The maximum absolute atomic E-state index is 12.7. The van der Waals surface area contributed by atoms with Crippen LogP contribution in [0.4, 0.5) is 4.79 Å². The van der Waals surface area contributed by atoms with Gasteiger partial charge in [-0.3, -0.25) is 14.5 Å². The van der Waals surface area contributed by atoms with Gasteiger partial charge >= 0.3 is 29.9 Å². The van der Waals surface area contributed by atoms with Crippen molar-refractivity contribution in [2.45, 2.75) is 207 Å². The summed E-state index contributed by atoms with van der Waals surface area (Å²) in [4.78, 5) is 96.1. The molecule has 0 saturated heterocycles. The maximum Gasteiger partial charge on any atom is 0.329 e. The number of Topliss-reactive ketones (excluding diaryl/α,β-unsaturated/α-hetero) is 1. The second kappa shape index (κ2) is 31.0. The third-order valence-electron chi connectivity index (χ3n) is 10.1. The first-order chi connectivity index (χ1) is 32.1. The summed E-state index contributed by atoms with van der Waals surface area (Å²) in [6, 6.07) is -3.66.